The van der Waals surface area contributed by atoms with E-state index in [-0.39, 0.29) is 17.5 Å². The molecule has 3 rings (SSSR count). The second kappa shape index (κ2) is 9.72. The molecule has 6 nitrogen and oxygen atoms in total. The zero-order valence-corrected chi connectivity index (χ0v) is 17.6. The van der Waals surface area contributed by atoms with Gasteiger partial charge in [-0.1, -0.05) is 24.6 Å². The lowest BCUT2D eigenvalue weighted by atomic mass is 9.97. The smallest absolute Gasteiger partial charge is 0.237 e. The standard InChI is InChI=1S/C22H35N3O3/c1-22(2,17-24-12-14-28-15-13-24)23-21(26)19-9-6-7-11-25(19)16-18-8-4-5-10-20(18)27-3/h4-5,8,10,19H,6-7,9,11-17H2,1-3H3,(H,23,26). The van der Waals surface area contributed by atoms with Crippen LogP contribution in [0.25, 0.3) is 0 Å². The number of nitrogens with one attached hydrogen (secondary N) is 1. The van der Waals surface area contributed by atoms with Gasteiger partial charge in [-0.2, -0.15) is 0 Å². The highest BCUT2D eigenvalue weighted by Crippen LogP contribution is 2.25. The number of benzene rings is 1. The van der Waals surface area contributed by atoms with E-state index < -0.39 is 0 Å². The third-order valence-corrected chi connectivity index (χ3v) is 5.67. The van der Waals surface area contributed by atoms with Crippen molar-refractivity contribution in [1.82, 2.24) is 15.1 Å². The molecule has 0 aliphatic carbocycles. The lowest BCUT2D eigenvalue weighted by Gasteiger charge is -2.39. The summed E-state index contributed by atoms with van der Waals surface area (Å²) in [6.45, 7) is 10.2. The molecule has 1 atom stereocenters. The van der Waals surface area contributed by atoms with Crippen molar-refractivity contribution in [2.45, 2.75) is 51.2 Å². The second-order valence-electron chi connectivity index (χ2n) is 8.56. The van der Waals surface area contributed by atoms with E-state index in [1.165, 1.54) is 0 Å². The van der Waals surface area contributed by atoms with Crippen LogP contribution in [0.1, 0.15) is 38.7 Å². The molecule has 0 bridgehead atoms. The van der Waals surface area contributed by atoms with Crippen LogP contribution in [0.3, 0.4) is 0 Å². The van der Waals surface area contributed by atoms with E-state index in [1.807, 2.05) is 18.2 Å². The van der Waals surface area contributed by atoms with E-state index in [2.05, 4.69) is 35.0 Å². The minimum atomic E-state index is -0.262. The first kappa shape index (κ1) is 21.1. The average Bonchev–Trinajstić information content (AvgIpc) is 2.69. The van der Waals surface area contributed by atoms with E-state index in [0.717, 1.165) is 76.5 Å². The zero-order chi connectivity index (χ0) is 20.0. The first-order chi connectivity index (χ1) is 13.5. The number of carbonyl (C=O) groups is 1. The SMILES string of the molecule is COc1ccccc1CN1CCCCC1C(=O)NC(C)(C)CN1CCOCC1. The summed E-state index contributed by atoms with van der Waals surface area (Å²) in [5.74, 6) is 1.03. The molecule has 2 aliphatic rings. The molecule has 1 unspecified atom stereocenters. The number of hydrogen-bond acceptors (Lipinski definition) is 5. The van der Waals surface area contributed by atoms with Gasteiger partial charge in [0.25, 0.3) is 0 Å². The van der Waals surface area contributed by atoms with Gasteiger partial charge >= 0.3 is 0 Å². The zero-order valence-electron chi connectivity index (χ0n) is 17.6. The highest BCUT2D eigenvalue weighted by Gasteiger charge is 2.33. The number of hydrogen-bond donors (Lipinski definition) is 1. The van der Waals surface area contributed by atoms with Gasteiger partial charge in [0.1, 0.15) is 5.75 Å². The van der Waals surface area contributed by atoms with Crippen LogP contribution in [0.4, 0.5) is 0 Å². The van der Waals surface area contributed by atoms with Crippen molar-refractivity contribution in [2.75, 3.05) is 46.5 Å². The molecule has 0 aromatic heterocycles. The predicted molar refractivity (Wildman–Crippen MR) is 111 cm³/mol. The Balaban J connectivity index is 1.62. The predicted octanol–water partition coefficient (Wildman–Crippen LogP) is 2.28. The number of para-hydroxylation sites is 1. The Morgan fingerprint density at radius 1 is 1.21 bits per heavy atom. The molecule has 2 saturated heterocycles. The fourth-order valence-electron chi connectivity index (χ4n) is 4.30. The molecule has 6 heteroatoms. The lowest BCUT2D eigenvalue weighted by Crippen LogP contribution is -2.58. The van der Waals surface area contributed by atoms with Crippen LogP contribution >= 0.6 is 0 Å². The van der Waals surface area contributed by atoms with Crippen molar-refractivity contribution in [3.05, 3.63) is 29.8 Å². The number of amides is 1. The third kappa shape index (κ3) is 5.69. The average molecular weight is 390 g/mol. The van der Waals surface area contributed by atoms with Gasteiger partial charge in [-0.25, -0.2) is 0 Å². The van der Waals surface area contributed by atoms with Gasteiger partial charge in [0.15, 0.2) is 0 Å². The molecular weight excluding hydrogens is 354 g/mol. The molecule has 1 aromatic rings. The molecule has 2 heterocycles. The van der Waals surface area contributed by atoms with Crippen molar-refractivity contribution < 1.29 is 14.3 Å². The molecule has 28 heavy (non-hydrogen) atoms. The van der Waals surface area contributed by atoms with Crippen LogP contribution in [-0.2, 0) is 16.1 Å². The first-order valence-corrected chi connectivity index (χ1v) is 10.5. The minimum absolute atomic E-state index is 0.0809. The number of carbonyl (C=O) groups excluding carboxylic acids is 1. The lowest BCUT2D eigenvalue weighted by molar-refractivity contribution is -0.130. The second-order valence-corrected chi connectivity index (χ2v) is 8.56. The maximum Gasteiger partial charge on any atom is 0.237 e. The summed E-state index contributed by atoms with van der Waals surface area (Å²) in [7, 11) is 1.70. The first-order valence-electron chi connectivity index (χ1n) is 10.5. The summed E-state index contributed by atoms with van der Waals surface area (Å²) >= 11 is 0. The molecule has 0 saturated carbocycles. The van der Waals surface area contributed by atoms with Gasteiger partial charge in [0.2, 0.25) is 5.91 Å². The van der Waals surface area contributed by atoms with Crippen LogP contribution in [0.15, 0.2) is 24.3 Å². The summed E-state index contributed by atoms with van der Waals surface area (Å²) in [6.07, 6.45) is 3.15. The summed E-state index contributed by atoms with van der Waals surface area (Å²) < 4.78 is 10.9. The molecule has 2 aliphatic heterocycles. The number of likely N-dealkylation sites (tertiary alicyclic amines) is 1. The Bertz CT molecular complexity index is 644. The minimum Gasteiger partial charge on any atom is -0.496 e. The largest absolute Gasteiger partial charge is 0.496 e. The van der Waals surface area contributed by atoms with E-state index in [9.17, 15) is 4.79 Å². The Hall–Kier alpha value is -1.63. The van der Waals surface area contributed by atoms with Gasteiger partial charge in [0, 0.05) is 37.3 Å². The molecule has 1 amide bonds. The monoisotopic (exact) mass is 389 g/mol. The van der Waals surface area contributed by atoms with Gasteiger partial charge in [-0.05, 0) is 39.3 Å². The summed E-state index contributed by atoms with van der Waals surface area (Å²) in [5.41, 5.74) is 0.874. The summed E-state index contributed by atoms with van der Waals surface area (Å²) in [5, 5.41) is 3.32. The number of piperidine rings is 1. The quantitative estimate of drug-likeness (QED) is 0.775. The third-order valence-electron chi connectivity index (χ3n) is 5.67. The number of morpholine rings is 1. The molecule has 156 valence electrons. The Labute approximate surface area is 169 Å². The molecule has 0 radical (unpaired) electrons. The number of ether oxygens (including phenoxy) is 2. The summed E-state index contributed by atoms with van der Waals surface area (Å²) in [4.78, 5) is 17.9. The fraction of sp³-hybridized carbons (Fsp3) is 0.682. The van der Waals surface area contributed by atoms with Crippen LogP contribution < -0.4 is 10.1 Å². The van der Waals surface area contributed by atoms with Crippen molar-refractivity contribution in [3.8, 4) is 5.75 Å². The van der Waals surface area contributed by atoms with Gasteiger partial charge in [0.05, 0.1) is 26.4 Å². The van der Waals surface area contributed by atoms with Crippen LogP contribution in [0.2, 0.25) is 0 Å². The van der Waals surface area contributed by atoms with Crippen molar-refractivity contribution >= 4 is 5.91 Å². The number of nitrogens with zero attached hydrogens (tertiary/aromatic N) is 2. The summed E-state index contributed by atoms with van der Waals surface area (Å²) in [6, 6.07) is 8.01. The van der Waals surface area contributed by atoms with Gasteiger partial charge in [-0.3, -0.25) is 14.6 Å². The van der Waals surface area contributed by atoms with Crippen LogP contribution in [0.5, 0.6) is 5.75 Å². The highest BCUT2D eigenvalue weighted by molar-refractivity contribution is 5.82. The maximum absolute atomic E-state index is 13.2. The molecule has 0 spiro atoms. The molecule has 2 fully saturated rings. The fourth-order valence-corrected chi connectivity index (χ4v) is 4.30. The Kier molecular flexibility index (Phi) is 7.32. The van der Waals surface area contributed by atoms with E-state index in [1.54, 1.807) is 7.11 Å². The van der Waals surface area contributed by atoms with E-state index >= 15 is 0 Å². The van der Waals surface area contributed by atoms with Crippen molar-refractivity contribution in [1.29, 1.82) is 0 Å². The van der Waals surface area contributed by atoms with Crippen LogP contribution in [0, 0.1) is 0 Å². The van der Waals surface area contributed by atoms with Gasteiger partial charge < -0.3 is 14.8 Å². The van der Waals surface area contributed by atoms with E-state index in [0.29, 0.717) is 0 Å². The van der Waals surface area contributed by atoms with Crippen molar-refractivity contribution in [2.24, 2.45) is 0 Å². The molecule has 1 N–H and O–H groups in total. The highest BCUT2D eigenvalue weighted by atomic mass is 16.5. The Morgan fingerprint density at radius 3 is 2.71 bits per heavy atom. The topological polar surface area (TPSA) is 54.0 Å². The van der Waals surface area contributed by atoms with E-state index in [4.69, 9.17) is 9.47 Å². The number of methoxy groups -OCH3 is 1. The van der Waals surface area contributed by atoms with Crippen molar-refractivity contribution in [3.63, 3.8) is 0 Å². The normalized spacial score (nSPS) is 22.0. The number of rotatable bonds is 7. The Morgan fingerprint density at radius 2 is 1.96 bits per heavy atom. The maximum atomic E-state index is 13.2. The molecule has 1 aromatic carbocycles. The van der Waals surface area contributed by atoms with Crippen LogP contribution in [-0.4, -0.2) is 73.8 Å². The van der Waals surface area contributed by atoms with Gasteiger partial charge in [-0.15, -0.1) is 0 Å². The molecular formula is C22H35N3O3.